The van der Waals surface area contributed by atoms with E-state index < -0.39 is 11.7 Å². The van der Waals surface area contributed by atoms with Crippen LogP contribution in [0.5, 0.6) is 0 Å². The van der Waals surface area contributed by atoms with Crippen molar-refractivity contribution in [3.63, 3.8) is 0 Å². The maximum absolute atomic E-state index is 14.5. The van der Waals surface area contributed by atoms with Gasteiger partial charge in [-0.25, -0.2) is 4.39 Å². The van der Waals surface area contributed by atoms with Gasteiger partial charge in [-0.2, -0.15) is 4.68 Å². The number of hydrogen-bond donors (Lipinski definition) is 1. The van der Waals surface area contributed by atoms with Crippen LogP contribution in [0.25, 0.3) is 5.69 Å². The van der Waals surface area contributed by atoms with E-state index in [-0.39, 0.29) is 22.6 Å². The van der Waals surface area contributed by atoms with Gasteiger partial charge in [0.2, 0.25) is 0 Å². The Morgan fingerprint density at radius 1 is 0.906 bits per heavy atom. The van der Waals surface area contributed by atoms with E-state index in [1.165, 1.54) is 28.9 Å². The fraction of sp³-hybridized carbons (Fsp3) is 0.125. The minimum absolute atomic E-state index is 0.0455. The molecule has 4 aromatic rings. The van der Waals surface area contributed by atoms with Gasteiger partial charge in [-0.05, 0) is 72.7 Å². The number of halogens is 1. The second-order valence-corrected chi connectivity index (χ2v) is 7.43. The Morgan fingerprint density at radius 3 is 2.34 bits per heavy atom. The molecule has 0 spiro atoms. The summed E-state index contributed by atoms with van der Waals surface area (Å²) in [6.45, 7) is 5.59. The second kappa shape index (κ2) is 8.50. The number of ketones is 1. The first-order chi connectivity index (χ1) is 15.3. The Labute approximate surface area is 183 Å². The molecule has 1 aromatic heterocycles. The van der Waals surface area contributed by atoms with Crippen molar-refractivity contribution in [2.75, 3.05) is 5.32 Å². The Kier molecular flexibility index (Phi) is 5.59. The smallest absolute Gasteiger partial charge is 0.256 e. The molecule has 8 heteroatoms. The van der Waals surface area contributed by atoms with Crippen LogP contribution in [0, 0.1) is 26.6 Å². The molecule has 0 aliphatic rings. The average Bonchev–Trinajstić information content (AvgIpc) is 3.22. The van der Waals surface area contributed by atoms with Gasteiger partial charge in [-0.3, -0.25) is 9.59 Å². The van der Waals surface area contributed by atoms with Gasteiger partial charge < -0.3 is 5.32 Å². The first-order valence-electron chi connectivity index (χ1n) is 9.92. The number of nitrogens with zero attached hydrogens (tertiary/aromatic N) is 4. The molecule has 0 fully saturated rings. The van der Waals surface area contributed by atoms with Gasteiger partial charge in [0.05, 0.1) is 16.9 Å². The number of amides is 1. The van der Waals surface area contributed by atoms with E-state index in [0.717, 1.165) is 11.1 Å². The summed E-state index contributed by atoms with van der Waals surface area (Å²) < 4.78 is 15.9. The van der Waals surface area contributed by atoms with Crippen molar-refractivity contribution in [1.82, 2.24) is 20.2 Å². The molecule has 0 radical (unpaired) electrons. The molecular formula is C24H20FN5O2. The Bertz CT molecular complexity index is 1350. The van der Waals surface area contributed by atoms with E-state index in [4.69, 9.17) is 0 Å². The second-order valence-electron chi connectivity index (χ2n) is 7.43. The minimum atomic E-state index is -0.620. The number of tetrazole rings is 1. The maximum Gasteiger partial charge on any atom is 0.256 e. The Balaban J connectivity index is 1.66. The molecule has 32 heavy (non-hydrogen) atoms. The van der Waals surface area contributed by atoms with Gasteiger partial charge >= 0.3 is 0 Å². The zero-order valence-electron chi connectivity index (χ0n) is 17.8. The molecule has 0 aliphatic heterocycles. The van der Waals surface area contributed by atoms with E-state index >= 15 is 0 Å². The quantitative estimate of drug-likeness (QED) is 0.480. The molecule has 0 atom stereocenters. The van der Waals surface area contributed by atoms with Crippen LogP contribution in [0.15, 0.2) is 60.7 Å². The summed E-state index contributed by atoms with van der Waals surface area (Å²) in [6, 6.07) is 16.0. The minimum Gasteiger partial charge on any atom is -0.319 e. The van der Waals surface area contributed by atoms with Gasteiger partial charge in [0.1, 0.15) is 5.82 Å². The molecule has 0 aliphatic carbocycles. The number of nitrogens with one attached hydrogen (secondary N) is 1. The fourth-order valence-corrected chi connectivity index (χ4v) is 3.32. The first kappa shape index (κ1) is 21.0. The zero-order chi connectivity index (χ0) is 22.8. The summed E-state index contributed by atoms with van der Waals surface area (Å²) in [4.78, 5) is 26.2. The number of aromatic nitrogens is 4. The zero-order valence-corrected chi connectivity index (χ0v) is 17.8. The van der Waals surface area contributed by atoms with Gasteiger partial charge in [0, 0.05) is 11.1 Å². The lowest BCUT2D eigenvalue weighted by Crippen LogP contribution is -2.18. The van der Waals surface area contributed by atoms with Crippen molar-refractivity contribution < 1.29 is 14.0 Å². The lowest BCUT2D eigenvalue weighted by Gasteiger charge is -2.12. The van der Waals surface area contributed by atoms with Crippen LogP contribution in [-0.4, -0.2) is 31.9 Å². The number of rotatable bonds is 5. The number of anilines is 1. The van der Waals surface area contributed by atoms with Gasteiger partial charge in [-0.1, -0.05) is 30.3 Å². The van der Waals surface area contributed by atoms with Crippen molar-refractivity contribution in [3.8, 4) is 5.69 Å². The normalized spacial score (nSPS) is 10.8. The predicted octanol–water partition coefficient (Wildman–Crippen LogP) is 4.21. The highest BCUT2D eigenvalue weighted by Crippen LogP contribution is 2.22. The number of carbonyl (C=O) groups is 2. The third-order valence-corrected chi connectivity index (χ3v) is 5.25. The third-order valence-electron chi connectivity index (χ3n) is 5.25. The summed E-state index contributed by atoms with van der Waals surface area (Å²) in [5.74, 6) is -0.983. The van der Waals surface area contributed by atoms with E-state index in [2.05, 4.69) is 20.8 Å². The van der Waals surface area contributed by atoms with Crippen molar-refractivity contribution in [2.45, 2.75) is 20.8 Å². The SMILES string of the molecule is Cc1ccc(C(=O)c2ccccc2C(=O)Nc2cc(-n3nnnc3C)ccc2F)cc1C. The molecule has 0 unspecified atom stereocenters. The first-order valence-corrected chi connectivity index (χ1v) is 9.92. The molecule has 0 saturated heterocycles. The Morgan fingerprint density at radius 2 is 1.66 bits per heavy atom. The highest BCUT2D eigenvalue weighted by atomic mass is 19.1. The van der Waals surface area contributed by atoms with E-state index in [9.17, 15) is 14.0 Å². The highest BCUT2D eigenvalue weighted by molar-refractivity contribution is 6.17. The standard InChI is InChI=1S/C24H20FN5O2/c1-14-8-9-17(12-15(14)2)23(31)19-6-4-5-7-20(19)24(32)26-22-13-18(10-11-21(22)25)30-16(3)27-28-29-30/h4-13H,1-3H3,(H,26,32). The summed E-state index contributed by atoms with van der Waals surface area (Å²) in [6.07, 6.45) is 0. The average molecular weight is 429 g/mol. The molecule has 1 N–H and O–H groups in total. The molecule has 3 aromatic carbocycles. The summed E-state index contributed by atoms with van der Waals surface area (Å²) in [7, 11) is 0. The number of hydrogen-bond acceptors (Lipinski definition) is 5. The van der Waals surface area contributed by atoms with Gasteiger partial charge in [0.15, 0.2) is 11.6 Å². The summed E-state index contributed by atoms with van der Waals surface area (Å²) >= 11 is 0. The highest BCUT2D eigenvalue weighted by Gasteiger charge is 2.20. The number of carbonyl (C=O) groups excluding carboxylic acids is 2. The molecular weight excluding hydrogens is 409 g/mol. The molecule has 7 nitrogen and oxygen atoms in total. The van der Waals surface area contributed by atoms with Crippen LogP contribution in [0.4, 0.5) is 10.1 Å². The van der Waals surface area contributed by atoms with Crippen molar-refractivity contribution in [1.29, 1.82) is 0 Å². The number of aryl methyl sites for hydroxylation is 3. The van der Waals surface area contributed by atoms with Crippen molar-refractivity contribution >= 4 is 17.4 Å². The lowest BCUT2D eigenvalue weighted by molar-refractivity contribution is 0.0996. The van der Waals surface area contributed by atoms with Crippen LogP contribution in [-0.2, 0) is 0 Å². The van der Waals surface area contributed by atoms with E-state index in [1.54, 1.807) is 37.3 Å². The van der Waals surface area contributed by atoms with Crippen LogP contribution >= 0.6 is 0 Å². The van der Waals surface area contributed by atoms with Gasteiger partial charge in [0.25, 0.3) is 5.91 Å². The molecule has 160 valence electrons. The van der Waals surface area contributed by atoms with Crippen LogP contribution in [0.1, 0.15) is 43.2 Å². The molecule has 1 amide bonds. The third kappa shape index (κ3) is 4.02. The summed E-state index contributed by atoms with van der Waals surface area (Å²) in [5, 5.41) is 13.8. The van der Waals surface area contributed by atoms with Gasteiger partial charge in [-0.15, -0.1) is 5.10 Å². The summed E-state index contributed by atoms with van der Waals surface area (Å²) in [5.41, 5.74) is 3.37. The molecule has 4 rings (SSSR count). The molecule has 0 bridgehead atoms. The van der Waals surface area contributed by atoms with Crippen LogP contribution in [0.2, 0.25) is 0 Å². The monoisotopic (exact) mass is 429 g/mol. The van der Waals surface area contributed by atoms with Crippen molar-refractivity contribution in [3.05, 3.63) is 100 Å². The van der Waals surface area contributed by atoms with Crippen LogP contribution in [0.3, 0.4) is 0 Å². The van der Waals surface area contributed by atoms with Crippen molar-refractivity contribution in [2.24, 2.45) is 0 Å². The number of benzene rings is 3. The molecule has 1 heterocycles. The Hall–Kier alpha value is -4.20. The van der Waals surface area contributed by atoms with Crippen LogP contribution < -0.4 is 5.32 Å². The fourth-order valence-electron chi connectivity index (χ4n) is 3.32. The predicted molar refractivity (Wildman–Crippen MR) is 118 cm³/mol. The maximum atomic E-state index is 14.5. The largest absolute Gasteiger partial charge is 0.319 e. The lowest BCUT2D eigenvalue weighted by atomic mass is 9.95. The van der Waals surface area contributed by atoms with E-state index in [0.29, 0.717) is 17.1 Å². The topological polar surface area (TPSA) is 89.8 Å². The van der Waals surface area contributed by atoms with E-state index in [1.807, 2.05) is 19.9 Å². The molecule has 0 saturated carbocycles.